The van der Waals surface area contributed by atoms with Crippen molar-refractivity contribution >= 4 is 51.2 Å². The van der Waals surface area contributed by atoms with Crippen LogP contribution in [0, 0.1) is 6.92 Å². The minimum Gasteiger partial charge on any atom is -0.493 e. The smallest absolute Gasteiger partial charge is 0.240 e. The average molecular weight is 525 g/mol. The van der Waals surface area contributed by atoms with E-state index >= 15 is 0 Å². The minimum absolute atomic E-state index is 0.0000111. The number of carbonyl (C=O) groups is 2. The van der Waals surface area contributed by atoms with Crippen molar-refractivity contribution in [2.75, 3.05) is 19.0 Å². The molecular weight excluding hydrogens is 498 g/mol. The van der Waals surface area contributed by atoms with Crippen molar-refractivity contribution in [3.05, 3.63) is 51.0 Å². The maximum atomic E-state index is 12.0. The molecule has 0 radical (unpaired) electrons. The molecule has 0 spiro atoms. The highest BCUT2D eigenvalue weighted by molar-refractivity contribution is 9.10. The van der Waals surface area contributed by atoms with Crippen molar-refractivity contribution in [2.45, 2.75) is 39.5 Å². The first-order valence-corrected chi connectivity index (χ1v) is 11.4. The number of hydrazone groups is 1. The molecule has 172 valence electrons. The molecule has 0 fully saturated rings. The summed E-state index contributed by atoms with van der Waals surface area (Å²) in [6, 6.07) is 8.83. The molecule has 32 heavy (non-hydrogen) atoms. The highest BCUT2D eigenvalue weighted by Gasteiger charge is 2.11. The van der Waals surface area contributed by atoms with E-state index in [1.807, 2.05) is 19.1 Å². The van der Waals surface area contributed by atoms with Crippen LogP contribution in [0.2, 0.25) is 5.02 Å². The zero-order valence-electron chi connectivity index (χ0n) is 18.3. The van der Waals surface area contributed by atoms with Crippen LogP contribution in [-0.2, 0) is 9.59 Å². The topological polar surface area (TPSA) is 89.0 Å². The highest BCUT2D eigenvalue weighted by atomic mass is 79.9. The zero-order chi connectivity index (χ0) is 23.5. The number of unbranched alkanes of at least 4 members (excludes halogenated alkanes) is 1. The average Bonchev–Trinajstić information content (AvgIpc) is 2.76. The second kappa shape index (κ2) is 13.1. The molecule has 2 amide bonds. The van der Waals surface area contributed by atoms with Crippen molar-refractivity contribution in [1.29, 1.82) is 0 Å². The van der Waals surface area contributed by atoms with Gasteiger partial charge in [0.25, 0.3) is 0 Å². The van der Waals surface area contributed by atoms with Gasteiger partial charge in [0.1, 0.15) is 0 Å². The number of hydrogen-bond donors (Lipinski definition) is 2. The summed E-state index contributed by atoms with van der Waals surface area (Å²) in [6.45, 7) is 4.57. The van der Waals surface area contributed by atoms with Crippen LogP contribution in [0.25, 0.3) is 0 Å². The normalized spacial score (nSPS) is 10.8. The second-order valence-electron chi connectivity index (χ2n) is 7.04. The van der Waals surface area contributed by atoms with Gasteiger partial charge in [-0.2, -0.15) is 5.10 Å². The number of methoxy groups -OCH3 is 1. The number of aryl methyl sites for hydroxylation is 1. The first kappa shape index (κ1) is 25.7. The summed E-state index contributed by atoms with van der Waals surface area (Å²) >= 11 is 9.53. The quantitative estimate of drug-likeness (QED) is 0.232. The van der Waals surface area contributed by atoms with E-state index in [2.05, 4.69) is 38.7 Å². The number of amides is 2. The van der Waals surface area contributed by atoms with Crippen LogP contribution in [0.15, 0.2) is 39.9 Å². The van der Waals surface area contributed by atoms with Crippen molar-refractivity contribution in [3.8, 4) is 11.5 Å². The van der Waals surface area contributed by atoms with E-state index in [9.17, 15) is 9.59 Å². The summed E-state index contributed by atoms with van der Waals surface area (Å²) in [5, 5.41) is 7.24. The molecule has 0 aliphatic heterocycles. The van der Waals surface area contributed by atoms with Crippen molar-refractivity contribution in [1.82, 2.24) is 5.43 Å². The molecule has 2 N–H and O–H groups in total. The molecule has 0 aromatic heterocycles. The Balaban J connectivity index is 1.85. The standard InChI is InChI=1S/C23H27BrClN3O4/c1-4-5-10-32-23-18(24)11-16(12-20(23)31-3)14-26-28-22(30)9-8-21(29)27-17-7-6-15(2)19(25)13-17/h6-7,11-14H,4-5,8-10H2,1-3H3,(H,27,29)(H,28,30). The number of hydrogen-bond acceptors (Lipinski definition) is 5. The van der Waals surface area contributed by atoms with Crippen molar-refractivity contribution in [2.24, 2.45) is 5.10 Å². The van der Waals surface area contributed by atoms with Crippen LogP contribution in [-0.4, -0.2) is 31.7 Å². The van der Waals surface area contributed by atoms with Gasteiger partial charge in [0, 0.05) is 23.6 Å². The summed E-state index contributed by atoms with van der Waals surface area (Å²) in [4.78, 5) is 24.0. The minimum atomic E-state index is -0.371. The Bertz CT molecular complexity index is 982. The molecule has 2 rings (SSSR count). The first-order chi connectivity index (χ1) is 15.3. The summed E-state index contributed by atoms with van der Waals surface area (Å²) in [7, 11) is 1.56. The van der Waals surface area contributed by atoms with E-state index in [0.717, 1.165) is 22.9 Å². The van der Waals surface area contributed by atoms with Gasteiger partial charge in [-0.3, -0.25) is 9.59 Å². The van der Waals surface area contributed by atoms with Gasteiger partial charge in [0.05, 0.1) is 24.4 Å². The lowest BCUT2D eigenvalue weighted by Gasteiger charge is -2.13. The van der Waals surface area contributed by atoms with Crippen LogP contribution >= 0.6 is 27.5 Å². The van der Waals surface area contributed by atoms with Gasteiger partial charge >= 0.3 is 0 Å². The van der Waals surface area contributed by atoms with Gasteiger partial charge < -0.3 is 14.8 Å². The Morgan fingerprint density at radius 3 is 2.62 bits per heavy atom. The SMILES string of the molecule is CCCCOc1c(Br)cc(C=NNC(=O)CCC(=O)Nc2ccc(C)c(Cl)c2)cc1OC. The van der Waals surface area contributed by atoms with Crippen molar-refractivity contribution < 1.29 is 19.1 Å². The Morgan fingerprint density at radius 1 is 1.19 bits per heavy atom. The predicted octanol–water partition coefficient (Wildman–Crippen LogP) is 5.47. The van der Waals surface area contributed by atoms with E-state index in [0.29, 0.717) is 34.4 Å². The summed E-state index contributed by atoms with van der Waals surface area (Å²) in [5.74, 6) is 0.541. The van der Waals surface area contributed by atoms with E-state index in [1.54, 1.807) is 25.3 Å². The largest absolute Gasteiger partial charge is 0.493 e. The maximum absolute atomic E-state index is 12.0. The van der Waals surface area contributed by atoms with Gasteiger partial charge in [-0.05, 0) is 64.7 Å². The van der Waals surface area contributed by atoms with E-state index in [1.165, 1.54) is 6.21 Å². The monoisotopic (exact) mass is 523 g/mol. The van der Waals surface area contributed by atoms with Gasteiger partial charge in [-0.25, -0.2) is 5.43 Å². The third kappa shape index (κ3) is 8.16. The summed E-state index contributed by atoms with van der Waals surface area (Å²) in [6.07, 6.45) is 3.50. The molecular formula is C23H27BrClN3O4. The summed E-state index contributed by atoms with van der Waals surface area (Å²) < 4.78 is 11.9. The fourth-order valence-electron chi connectivity index (χ4n) is 2.63. The number of halogens is 2. The van der Waals surface area contributed by atoms with E-state index < -0.39 is 0 Å². The molecule has 0 aliphatic carbocycles. The molecule has 0 saturated carbocycles. The number of ether oxygens (including phenoxy) is 2. The second-order valence-corrected chi connectivity index (χ2v) is 8.30. The summed E-state index contributed by atoms with van der Waals surface area (Å²) in [5.41, 5.74) is 4.65. The molecule has 0 unspecified atom stereocenters. The van der Waals surface area contributed by atoms with Crippen LogP contribution in [0.3, 0.4) is 0 Å². The molecule has 0 heterocycles. The number of rotatable bonds is 11. The van der Waals surface area contributed by atoms with Gasteiger partial charge in [-0.1, -0.05) is 31.0 Å². The molecule has 0 atom stereocenters. The first-order valence-electron chi connectivity index (χ1n) is 10.2. The molecule has 2 aromatic rings. The molecule has 0 saturated heterocycles. The number of nitrogens with one attached hydrogen (secondary N) is 2. The van der Waals surface area contributed by atoms with Gasteiger partial charge in [0.15, 0.2) is 11.5 Å². The Morgan fingerprint density at radius 2 is 1.94 bits per heavy atom. The van der Waals surface area contributed by atoms with E-state index in [-0.39, 0.29) is 24.7 Å². The number of carbonyl (C=O) groups excluding carboxylic acids is 2. The molecule has 7 nitrogen and oxygen atoms in total. The zero-order valence-corrected chi connectivity index (χ0v) is 20.7. The fraction of sp³-hybridized carbons (Fsp3) is 0.348. The van der Waals surface area contributed by atoms with Gasteiger partial charge in [-0.15, -0.1) is 0 Å². The van der Waals surface area contributed by atoms with Crippen LogP contribution < -0.4 is 20.2 Å². The molecule has 2 aromatic carbocycles. The Kier molecular flexibility index (Phi) is 10.5. The molecule has 0 bridgehead atoms. The lowest BCUT2D eigenvalue weighted by Crippen LogP contribution is -2.20. The third-order valence-corrected chi connectivity index (χ3v) is 5.43. The maximum Gasteiger partial charge on any atom is 0.240 e. The lowest BCUT2D eigenvalue weighted by molar-refractivity contribution is -0.124. The van der Waals surface area contributed by atoms with Gasteiger partial charge in [0.2, 0.25) is 11.8 Å². The third-order valence-electron chi connectivity index (χ3n) is 4.43. The van der Waals surface area contributed by atoms with Crippen LogP contribution in [0.5, 0.6) is 11.5 Å². The number of benzene rings is 2. The molecule has 9 heteroatoms. The number of anilines is 1. The fourth-order valence-corrected chi connectivity index (χ4v) is 3.38. The van der Waals surface area contributed by atoms with E-state index in [4.69, 9.17) is 21.1 Å². The van der Waals surface area contributed by atoms with Crippen LogP contribution in [0.1, 0.15) is 43.7 Å². The Hall–Kier alpha value is -2.58. The lowest BCUT2D eigenvalue weighted by atomic mass is 10.2. The van der Waals surface area contributed by atoms with Crippen molar-refractivity contribution in [3.63, 3.8) is 0 Å². The predicted molar refractivity (Wildman–Crippen MR) is 131 cm³/mol. The van der Waals surface area contributed by atoms with Crippen LogP contribution in [0.4, 0.5) is 5.69 Å². The number of nitrogens with zero attached hydrogens (tertiary/aromatic N) is 1. The Labute approximate surface area is 201 Å². The highest BCUT2D eigenvalue weighted by Crippen LogP contribution is 2.36. The molecule has 0 aliphatic rings.